The van der Waals surface area contributed by atoms with Gasteiger partial charge in [0.15, 0.2) is 5.82 Å². The van der Waals surface area contributed by atoms with Crippen molar-refractivity contribution in [2.45, 2.75) is 5.16 Å². The van der Waals surface area contributed by atoms with Crippen molar-refractivity contribution in [3.05, 3.63) is 62.2 Å². The van der Waals surface area contributed by atoms with Gasteiger partial charge in [-0.3, -0.25) is 15.2 Å². The number of aromatic nitrogens is 3. The number of H-pyrrole nitrogens is 1. The Morgan fingerprint density at radius 1 is 1.31 bits per heavy atom. The summed E-state index contributed by atoms with van der Waals surface area (Å²) in [4.78, 5) is 25.4. The van der Waals surface area contributed by atoms with Crippen LogP contribution in [0.3, 0.4) is 0 Å². The van der Waals surface area contributed by atoms with E-state index in [0.29, 0.717) is 10.8 Å². The summed E-state index contributed by atoms with van der Waals surface area (Å²) in [5.41, 5.74) is 0.733. The van der Waals surface area contributed by atoms with Gasteiger partial charge in [-0.2, -0.15) is 0 Å². The summed E-state index contributed by atoms with van der Waals surface area (Å²) in [6, 6.07) is 9.32. The standard InChI is InChI=1S/C15H9ClN4O5S/c16-9-3-1-8(2-4-9)13-17-15(19-18-13)26-11(14(21)22)7-10-5-6-12(25-10)20(23)24/h1-7H,(H,21,22)(H,17,18,19)/b11-7-. The smallest absolute Gasteiger partial charge is 0.433 e. The molecule has 3 aromatic rings. The van der Waals surface area contributed by atoms with Crippen LogP contribution in [-0.4, -0.2) is 31.2 Å². The summed E-state index contributed by atoms with van der Waals surface area (Å²) in [6.45, 7) is 0. The number of aromatic amines is 1. The van der Waals surface area contributed by atoms with Crippen molar-refractivity contribution in [2.75, 3.05) is 0 Å². The van der Waals surface area contributed by atoms with E-state index in [1.807, 2.05) is 0 Å². The van der Waals surface area contributed by atoms with Crippen LogP contribution in [0.15, 0.2) is 50.9 Å². The number of rotatable bonds is 6. The number of thioether (sulfide) groups is 1. The van der Waals surface area contributed by atoms with Gasteiger partial charge in [0.2, 0.25) is 5.16 Å². The van der Waals surface area contributed by atoms with Crippen LogP contribution in [0, 0.1) is 10.1 Å². The molecule has 26 heavy (non-hydrogen) atoms. The fourth-order valence-electron chi connectivity index (χ4n) is 1.91. The molecule has 11 heteroatoms. The van der Waals surface area contributed by atoms with E-state index in [1.165, 1.54) is 12.1 Å². The Hall–Kier alpha value is -3.11. The quantitative estimate of drug-likeness (QED) is 0.279. The maximum Gasteiger partial charge on any atom is 0.433 e. The first-order valence-corrected chi connectivity index (χ1v) is 8.17. The summed E-state index contributed by atoms with van der Waals surface area (Å²) < 4.78 is 4.94. The first-order valence-electron chi connectivity index (χ1n) is 6.98. The van der Waals surface area contributed by atoms with Crippen molar-refractivity contribution < 1.29 is 19.2 Å². The zero-order valence-corrected chi connectivity index (χ0v) is 14.3. The predicted octanol–water partition coefficient (Wildman–Crippen LogP) is 3.84. The molecular formula is C15H9ClN4O5S. The highest BCUT2D eigenvalue weighted by atomic mass is 35.5. The largest absolute Gasteiger partial charge is 0.477 e. The summed E-state index contributed by atoms with van der Waals surface area (Å²) in [5, 5.41) is 27.4. The molecule has 0 saturated heterocycles. The lowest BCUT2D eigenvalue weighted by atomic mass is 10.2. The van der Waals surface area contributed by atoms with E-state index in [0.717, 1.165) is 23.4 Å². The number of hydrogen-bond acceptors (Lipinski definition) is 7. The third-order valence-electron chi connectivity index (χ3n) is 3.06. The Balaban J connectivity index is 1.82. The lowest BCUT2D eigenvalue weighted by molar-refractivity contribution is -0.402. The zero-order valence-electron chi connectivity index (χ0n) is 12.7. The first-order chi connectivity index (χ1) is 12.4. The Bertz CT molecular complexity index is 996. The van der Waals surface area contributed by atoms with Crippen LogP contribution in [0.2, 0.25) is 5.02 Å². The molecule has 0 aliphatic heterocycles. The molecule has 1 aromatic carbocycles. The Kier molecular flexibility index (Phi) is 5.05. The van der Waals surface area contributed by atoms with Crippen molar-refractivity contribution in [1.82, 2.24) is 15.2 Å². The molecular weight excluding hydrogens is 384 g/mol. The number of aliphatic carboxylic acids is 1. The zero-order chi connectivity index (χ0) is 18.7. The average Bonchev–Trinajstić information content (AvgIpc) is 3.24. The molecule has 0 amide bonds. The molecule has 0 unspecified atom stereocenters. The SMILES string of the molecule is O=C(O)/C(=C/c1ccc([N+](=O)[O-])o1)Sc1n[nH]c(-c2ccc(Cl)cc2)n1. The number of carboxylic acid groups (broad SMARTS) is 1. The fraction of sp³-hybridized carbons (Fsp3) is 0. The first kappa shape index (κ1) is 17.7. The van der Waals surface area contributed by atoms with Crippen LogP contribution in [0.4, 0.5) is 5.88 Å². The van der Waals surface area contributed by atoms with Crippen LogP contribution >= 0.6 is 23.4 Å². The van der Waals surface area contributed by atoms with Gasteiger partial charge in [-0.15, -0.1) is 5.10 Å². The molecule has 0 aliphatic carbocycles. The molecule has 0 aliphatic rings. The van der Waals surface area contributed by atoms with E-state index in [4.69, 9.17) is 16.0 Å². The Morgan fingerprint density at radius 2 is 2.04 bits per heavy atom. The number of benzene rings is 1. The second-order valence-electron chi connectivity index (χ2n) is 4.82. The maximum absolute atomic E-state index is 11.4. The average molecular weight is 393 g/mol. The van der Waals surface area contributed by atoms with Crippen molar-refractivity contribution in [3.63, 3.8) is 0 Å². The number of nitrogens with one attached hydrogen (secondary N) is 1. The summed E-state index contributed by atoms with van der Waals surface area (Å²) >= 11 is 6.61. The molecule has 0 atom stereocenters. The Morgan fingerprint density at radius 3 is 2.65 bits per heavy atom. The number of nitro groups is 1. The molecule has 0 radical (unpaired) electrons. The predicted molar refractivity (Wildman–Crippen MR) is 93.7 cm³/mol. The monoisotopic (exact) mass is 392 g/mol. The molecule has 0 bridgehead atoms. The second kappa shape index (κ2) is 7.42. The third-order valence-corrected chi connectivity index (χ3v) is 4.19. The van der Waals surface area contributed by atoms with E-state index in [1.54, 1.807) is 24.3 Å². The molecule has 2 aromatic heterocycles. The molecule has 0 spiro atoms. The number of nitrogens with zero attached hydrogens (tertiary/aromatic N) is 3. The lowest BCUT2D eigenvalue weighted by Gasteiger charge is -1.97. The lowest BCUT2D eigenvalue weighted by Crippen LogP contribution is -1.97. The summed E-state index contributed by atoms with van der Waals surface area (Å²) in [7, 11) is 0. The van der Waals surface area contributed by atoms with Crippen molar-refractivity contribution >= 4 is 41.3 Å². The van der Waals surface area contributed by atoms with Gasteiger partial charge in [0.05, 0.1) is 6.07 Å². The van der Waals surface area contributed by atoms with Crippen LogP contribution in [0.25, 0.3) is 17.5 Å². The second-order valence-corrected chi connectivity index (χ2v) is 6.27. The molecule has 2 N–H and O–H groups in total. The number of carbonyl (C=O) groups is 1. The van der Waals surface area contributed by atoms with Gasteiger partial charge in [-0.05, 0) is 42.1 Å². The highest BCUT2D eigenvalue weighted by Crippen LogP contribution is 2.29. The van der Waals surface area contributed by atoms with Gasteiger partial charge in [0, 0.05) is 16.7 Å². The molecule has 2 heterocycles. The minimum Gasteiger partial charge on any atom is -0.477 e. The molecule has 9 nitrogen and oxygen atoms in total. The number of halogens is 1. The van der Waals surface area contributed by atoms with Gasteiger partial charge < -0.3 is 9.52 Å². The van der Waals surface area contributed by atoms with E-state index in [-0.39, 0.29) is 15.8 Å². The van der Waals surface area contributed by atoms with E-state index in [9.17, 15) is 20.0 Å². The highest BCUT2D eigenvalue weighted by Gasteiger charge is 2.17. The normalized spacial score (nSPS) is 11.5. The van der Waals surface area contributed by atoms with Crippen LogP contribution in [-0.2, 0) is 4.79 Å². The van der Waals surface area contributed by atoms with Crippen molar-refractivity contribution in [2.24, 2.45) is 0 Å². The topological polar surface area (TPSA) is 135 Å². The molecule has 132 valence electrons. The van der Waals surface area contributed by atoms with Gasteiger partial charge in [0.25, 0.3) is 0 Å². The minimum absolute atomic E-state index is 0.0371. The van der Waals surface area contributed by atoms with Crippen LogP contribution in [0.5, 0.6) is 0 Å². The third kappa shape index (κ3) is 4.10. The van der Waals surface area contributed by atoms with Gasteiger partial charge >= 0.3 is 11.9 Å². The maximum atomic E-state index is 11.4. The number of furan rings is 1. The fourth-order valence-corrected chi connectivity index (χ4v) is 2.72. The van der Waals surface area contributed by atoms with E-state index < -0.39 is 16.8 Å². The minimum atomic E-state index is -1.24. The molecule has 0 saturated carbocycles. The van der Waals surface area contributed by atoms with E-state index >= 15 is 0 Å². The highest BCUT2D eigenvalue weighted by molar-refractivity contribution is 8.04. The van der Waals surface area contributed by atoms with Crippen LogP contribution < -0.4 is 0 Å². The number of hydrogen-bond donors (Lipinski definition) is 2. The number of carboxylic acids is 1. The summed E-state index contributed by atoms with van der Waals surface area (Å²) in [6.07, 6.45) is 1.17. The van der Waals surface area contributed by atoms with Gasteiger partial charge in [-0.25, -0.2) is 9.78 Å². The summed E-state index contributed by atoms with van der Waals surface area (Å²) in [5.74, 6) is -1.24. The molecule has 3 rings (SSSR count). The van der Waals surface area contributed by atoms with Crippen LogP contribution in [0.1, 0.15) is 5.76 Å². The van der Waals surface area contributed by atoms with Gasteiger partial charge in [-0.1, -0.05) is 11.6 Å². The van der Waals surface area contributed by atoms with Crippen molar-refractivity contribution in [3.8, 4) is 11.4 Å². The Labute approximate surface area is 154 Å². The molecule has 0 fully saturated rings. The van der Waals surface area contributed by atoms with Crippen molar-refractivity contribution in [1.29, 1.82) is 0 Å². The van der Waals surface area contributed by atoms with Gasteiger partial charge in [0.1, 0.15) is 15.6 Å². The van der Waals surface area contributed by atoms with E-state index in [2.05, 4.69) is 15.2 Å².